The third kappa shape index (κ3) is 2.99. The van der Waals surface area contributed by atoms with Crippen LogP contribution in [0.15, 0.2) is 30.3 Å². The zero-order chi connectivity index (χ0) is 14.8. The van der Waals surface area contributed by atoms with Gasteiger partial charge in [0.2, 0.25) is 0 Å². The maximum atomic E-state index is 12.3. The number of hydrogen-bond donors (Lipinski definition) is 0. The fraction of sp³-hybridized carbons (Fsp3) is 0.474. The van der Waals surface area contributed by atoms with E-state index in [1.165, 1.54) is 17.4 Å². The summed E-state index contributed by atoms with van der Waals surface area (Å²) in [5.41, 5.74) is 3.37. The molecule has 2 nitrogen and oxygen atoms in total. The van der Waals surface area contributed by atoms with E-state index in [9.17, 15) is 4.79 Å². The van der Waals surface area contributed by atoms with Gasteiger partial charge in [-0.15, -0.1) is 0 Å². The van der Waals surface area contributed by atoms with Gasteiger partial charge < -0.3 is 0 Å². The molecule has 0 N–H and O–H groups in total. The third-order valence-electron chi connectivity index (χ3n) is 4.85. The second-order valence-electron chi connectivity index (χ2n) is 6.36. The molecular weight excluding hydrogens is 258 g/mol. The van der Waals surface area contributed by atoms with Crippen LogP contribution in [0.2, 0.25) is 0 Å². The van der Waals surface area contributed by atoms with Gasteiger partial charge in [0, 0.05) is 23.4 Å². The summed E-state index contributed by atoms with van der Waals surface area (Å²) in [6, 6.07) is 10.4. The minimum absolute atomic E-state index is 0.203. The van der Waals surface area contributed by atoms with Crippen LogP contribution in [0.3, 0.4) is 0 Å². The summed E-state index contributed by atoms with van der Waals surface area (Å²) in [5, 5.41) is 1.20. The first kappa shape index (κ1) is 14.2. The van der Waals surface area contributed by atoms with Gasteiger partial charge >= 0.3 is 0 Å². The van der Waals surface area contributed by atoms with Crippen molar-refractivity contribution in [2.24, 2.45) is 11.8 Å². The molecule has 0 saturated heterocycles. The van der Waals surface area contributed by atoms with Crippen LogP contribution < -0.4 is 0 Å². The predicted molar refractivity (Wildman–Crippen MR) is 86.3 cm³/mol. The van der Waals surface area contributed by atoms with E-state index in [4.69, 9.17) is 0 Å². The molecule has 1 heterocycles. The molecule has 0 radical (unpaired) electrons. The van der Waals surface area contributed by atoms with E-state index in [0.29, 0.717) is 5.78 Å². The second kappa shape index (κ2) is 5.97. The first-order valence-electron chi connectivity index (χ1n) is 8.05. The molecule has 1 aliphatic rings. The Labute approximate surface area is 126 Å². The van der Waals surface area contributed by atoms with Crippen LogP contribution >= 0.6 is 0 Å². The lowest BCUT2D eigenvalue weighted by molar-refractivity contribution is -0.125. The van der Waals surface area contributed by atoms with Crippen molar-refractivity contribution in [3.05, 3.63) is 41.6 Å². The molecular formula is C19H23NO. The van der Waals surface area contributed by atoms with Crippen molar-refractivity contribution in [1.29, 1.82) is 0 Å². The second-order valence-corrected chi connectivity index (χ2v) is 6.36. The maximum absolute atomic E-state index is 12.3. The first-order chi connectivity index (χ1) is 10.2. The van der Waals surface area contributed by atoms with Crippen LogP contribution in [0, 0.1) is 18.8 Å². The van der Waals surface area contributed by atoms with Crippen molar-refractivity contribution in [3.63, 3.8) is 0 Å². The van der Waals surface area contributed by atoms with Crippen molar-refractivity contribution in [3.8, 4) is 0 Å². The van der Waals surface area contributed by atoms with Gasteiger partial charge in [0.15, 0.2) is 0 Å². The van der Waals surface area contributed by atoms with Crippen LogP contribution in [0.5, 0.6) is 0 Å². The van der Waals surface area contributed by atoms with Gasteiger partial charge in [-0.25, -0.2) is 0 Å². The van der Waals surface area contributed by atoms with Gasteiger partial charge in [-0.2, -0.15) is 0 Å². The summed E-state index contributed by atoms with van der Waals surface area (Å²) in [6.07, 6.45) is 4.98. The number of Topliss-reactive ketones (excluding diaryl/α,β-unsaturated/α-hetero) is 1. The average Bonchev–Trinajstić information content (AvgIpc) is 2.49. The minimum Gasteiger partial charge on any atom is -0.299 e. The number of pyridine rings is 1. The molecule has 2 atom stereocenters. The zero-order valence-electron chi connectivity index (χ0n) is 12.9. The molecule has 110 valence electrons. The highest BCUT2D eigenvalue weighted by Crippen LogP contribution is 2.32. The Morgan fingerprint density at radius 3 is 2.90 bits per heavy atom. The summed E-state index contributed by atoms with van der Waals surface area (Å²) in [6.45, 7) is 4.27. The summed E-state index contributed by atoms with van der Waals surface area (Å²) < 4.78 is 0. The predicted octanol–water partition coefficient (Wildman–Crippen LogP) is 4.48. The van der Waals surface area contributed by atoms with Crippen molar-refractivity contribution in [2.45, 2.75) is 46.0 Å². The number of carbonyl (C=O) groups is 1. The number of aryl methyl sites for hydroxylation is 1. The molecule has 2 heteroatoms. The average molecular weight is 281 g/mol. The number of ketones is 1. The Hall–Kier alpha value is -1.70. The van der Waals surface area contributed by atoms with Gasteiger partial charge in [0.25, 0.3) is 0 Å². The monoisotopic (exact) mass is 281 g/mol. The highest BCUT2D eigenvalue weighted by molar-refractivity contribution is 5.85. The Morgan fingerprint density at radius 2 is 2.10 bits per heavy atom. The van der Waals surface area contributed by atoms with E-state index >= 15 is 0 Å². The highest BCUT2D eigenvalue weighted by atomic mass is 16.1. The van der Waals surface area contributed by atoms with Crippen LogP contribution in [0.1, 0.15) is 43.9 Å². The number of rotatable bonds is 3. The molecule has 0 aliphatic heterocycles. The topological polar surface area (TPSA) is 30.0 Å². The smallest absolute Gasteiger partial charge is 0.136 e. The minimum atomic E-state index is 0.203. The van der Waals surface area contributed by atoms with Gasteiger partial charge in [0.05, 0.1) is 5.52 Å². The molecule has 3 rings (SSSR count). The lowest BCUT2D eigenvalue weighted by atomic mass is 9.76. The van der Waals surface area contributed by atoms with Crippen molar-refractivity contribution in [2.75, 3.05) is 0 Å². The molecule has 0 amide bonds. The number of benzene rings is 1. The molecule has 1 aromatic heterocycles. The van der Waals surface area contributed by atoms with Crippen molar-refractivity contribution < 1.29 is 4.79 Å². The molecule has 1 aromatic carbocycles. The van der Waals surface area contributed by atoms with Crippen molar-refractivity contribution in [1.82, 2.24) is 4.98 Å². The normalized spacial score (nSPS) is 22.7. The Morgan fingerprint density at radius 1 is 1.29 bits per heavy atom. The largest absolute Gasteiger partial charge is 0.299 e. The number of nitrogens with zero attached hydrogens (tertiary/aromatic N) is 1. The van der Waals surface area contributed by atoms with Gasteiger partial charge in [-0.3, -0.25) is 9.78 Å². The van der Waals surface area contributed by atoms with Crippen LogP contribution in [-0.2, 0) is 11.2 Å². The molecule has 0 spiro atoms. The number of carbonyl (C=O) groups excluding carboxylic acids is 1. The molecule has 0 bridgehead atoms. The molecule has 21 heavy (non-hydrogen) atoms. The van der Waals surface area contributed by atoms with Gasteiger partial charge in [-0.05, 0) is 49.8 Å². The quantitative estimate of drug-likeness (QED) is 0.830. The maximum Gasteiger partial charge on any atom is 0.136 e. The number of aromatic nitrogens is 1. The Bertz CT molecular complexity index is 662. The molecule has 1 aliphatic carbocycles. The van der Waals surface area contributed by atoms with E-state index in [1.807, 2.05) is 13.0 Å². The van der Waals surface area contributed by atoms with Crippen LogP contribution in [-0.4, -0.2) is 10.8 Å². The van der Waals surface area contributed by atoms with Crippen LogP contribution in [0.25, 0.3) is 10.9 Å². The summed E-state index contributed by atoms with van der Waals surface area (Å²) in [5.74, 6) is 1.38. The molecule has 2 aromatic rings. The number of hydrogen-bond acceptors (Lipinski definition) is 2. The molecule has 1 fully saturated rings. The standard InChI is InChI=1S/C19H23NO/c1-3-14-8-9-19(21)16(11-14)12-15-10-13(2)20-18-7-5-4-6-17(15)18/h4-7,10,14,16H,3,8-9,11-12H2,1-2H3. The van der Waals surface area contributed by atoms with Crippen molar-refractivity contribution >= 4 is 16.7 Å². The lowest BCUT2D eigenvalue weighted by Gasteiger charge is -2.27. The van der Waals surface area contributed by atoms with Crippen LogP contribution in [0.4, 0.5) is 0 Å². The first-order valence-corrected chi connectivity index (χ1v) is 8.05. The highest BCUT2D eigenvalue weighted by Gasteiger charge is 2.28. The van der Waals surface area contributed by atoms with E-state index in [-0.39, 0.29) is 5.92 Å². The lowest BCUT2D eigenvalue weighted by Crippen LogP contribution is -2.26. The molecule has 1 saturated carbocycles. The number of para-hydroxylation sites is 1. The fourth-order valence-corrected chi connectivity index (χ4v) is 3.60. The Balaban J connectivity index is 1.92. The third-order valence-corrected chi connectivity index (χ3v) is 4.85. The number of fused-ring (bicyclic) bond motifs is 1. The van der Waals surface area contributed by atoms with Gasteiger partial charge in [0.1, 0.15) is 5.78 Å². The van der Waals surface area contributed by atoms with E-state index in [2.05, 4.69) is 36.2 Å². The van der Waals surface area contributed by atoms with E-state index < -0.39 is 0 Å². The molecule has 2 unspecified atom stereocenters. The Kier molecular flexibility index (Phi) is 4.05. The van der Waals surface area contributed by atoms with E-state index in [0.717, 1.165) is 42.8 Å². The summed E-state index contributed by atoms with van der Waals surface area (Å²) in [4.78, 5) is 16.9. The fourth-order valence-electron chi connectivity index (χ4n) is 3.60. The van der Waals surface area contributed by atoms with Gasteiger partial charge in [-0.1, -0.05) is 31.5 Å². The summed E-state index contributed by atoms with van der Waals surface area (Å²) in [7, 11) is 0. The zero-order valence-corrected chi connectivity index (χ0v) is 12.9. The van der Waals surface area contributed by atoms with E-state index in [1.54, 1.807) is 0 Å². The summed E-state index contributed by atoms with van der Waals surface area (Å²) >= 11 is 0. The SMILES string of the molecule is CCC1CCC(=O)C(Cc2cc(C)nc3ccccc23)C1.